The van der Waals surface area contributed by atoms with Gasteiger partial charge < -0.3 is 10.2 Å². The highest BCUT2D eigenvalue weighted by molar-refractivity contribution is 7.11. The maximum absolute atomic E-state index is 12.8. The first-order valence-corrected chi connectivity index (χ1v) is 8.02. The van der Waals surface area contributed by atoms with Gasteiger partial charge in [-0.1, -0.05) is 12.8 Å². The van der Waals surface area contributed by atoms with Gasteiger partial charge in [0.15, 0.2) is 0 Å². The van der Waals surface area contributed by atoms with Gasteiger partial charge in [-0.3, -0.25) is 9.59 Å². The third-order valence-electron chi connectivity index (χ3n) is 4.46. The van der Waals surface area contributed by atoms with E-state index in [2.05, 4.69) is 18.3 Å². The van der Waals surface area contributed by atoms with Gasteiger partial charge in [0.2, 0.25) is 11.8 Å². The Hall–Kier alpha value is -1.36. The Morgan fingerprint density at radius 2 is 2.05 bits per heavy atom. The number of rotatable bonds is 2. The van der Waals surface area contributed by atoms with E-state index in [1.165, 1.54) is 4.88 Å². The molecule has 1 aliphatic carbocycles. The molecule has 2 aliphatic rings. The second kappa shape index (κ2) is 4.88. The number of nitrogens with zero attached hydrogens (tertiary/aromatic N) is 1. The van der Waals surface area contributed by atoms with E-state index < -0.39 is 5.54 Å². The lowest BCUT2D eigenvalue weighted by atomic mass is 9.91. The predicted octanol–water partition coefficient (Wildman–Crippen LogP) is 2.22. The number of hydrogen-bond acceptors (Lipinski definition) is 3. The molecule has 4 nitrogen and oxygen atoms in total. The second-order valence-corrected chi connectivity index (χ2v) is 7.27. The number of carbonyl (C=O) groups excluding carboxylic acids is 2. The number of thiophene rings is 1. The van der Waals surface area contributed by atoms with Crippen molar-refractivity contribution in [2.24, 2.45) is 0 Å². The summed E-state index contributed by atoms with van der Waals surface area (Å²) in [6.07, 6.45) is 3.60. The molecule has 1 unspecified atom stereocenters. The Labute approximate surface area is 123 Å². The molecular formula is C15H20N2O2S. The van der Waals surface area contributed by atoms with Crippen LogP contribution in [0, 0.1) is 6.92 Å². The lowest BCUT2D eigenvalue weighted by Gasteiger charge is -2.43. The molecule has 1 aromatic rings. The third-order valence-corrected chi connectivity index (χ3v) is 5.44. The molecule has 1 saturated heterocycles. The van der Waals surface area contributed by atoms with Crippen LogP contribution in [0.4, 0.5) is 0 Å². The van der Waals surface area contributed by atoms with Crippen LogP contribution < -0.4 is 5.32 Å². The Balaban J connectivity index is 1.86. The smallest absolute Gasteiger partial charge is 0.249 e. The van der Waals surface area contributed by atoms with Crippen LogP contribution in [0.3, 0.4) is 0 Å². The minimum Gasteiger partial charge on any atom is -0.340 e. The quantitative estimate of drug-likeness (QED) is 0.908. The number of hydrogen-bond donors (Lipinski definition) is 1. The molecule has 0 radical (unpaired) electrons. The van der Waals surface area contributed by atoms with Crippen LogP contribution in [0.15, 0.2) is 12.1 Å². The Bertz CT molecular complexity index is 546. The highest BCUT2D eigenvalue weighted by Gasteiger charge is 2.50. The van der Waals surface area contributed by atoms with Crippen LogP contribution in [-0.2, 0) is 16.1 Å². The molecule has 5 heteroatoms. The molecule has 2 fully saturated rings. The highest BCUT2D eigenvalue weighted by atomic mass is 32.1. The summed E-state index contributed by atoms with van der Waals surface area (Å²) >= 11 is 1.69. The average Bonchev–Trinajstić information content (AvgIpc) is 3.03. The summed E-state index contributed by atoms with van der Waals surface area (Å²) in [5.74, 6) is 0.0907. The molecule has 1 N–H and O–H groups in total. The third kappa shape index (κ3) is 2.14. The summed E-state index contributed by atoms with van der Waals surface area (Å²) in [7, 11) is 0. The minimum absolute atomic E-state index is 0.0141. The summed E-state index contributed by atoms with van der Waals surface area (Å²) in [6.45, 7) is 4.42. The molecule has 3 rings (SSSR count). The van der Waals surface area contributed by atoms with E-state index in [-0.39, 0.29) is 17.9 Å². The lowest BCUT2D eigenvalue weighted by molar-refractivity contribution is -0.154. The minimum atomic E-state index is -0.615. The molecule has 1 saturated carbocycles. The summed E-state index contributed by atoms with van der Waals surface area (Å²) in [5.41, 5.74) is -0.615. The molecule has 0 bridgehead atoms. The fourth-order valence-corrected chi connectivity index (χ4v) is 4.14. The zero-order valence-electron chi connectivity index (χ0n) is 11.9. The number of piperazine rings is 1. The normalized spacial score (nSPS) is 25.3. The zero-order chi connectivity index (χ0) is 14.3. The van der Waals surface area contributed by atoms with Crippen LogP contribution >= 0.6 is 11.3 Å². The van der Waals surface area contributed by atoms with Crippen molar-refractivity contribution in [1.82, 2.24) is 10.2 Å². The first kappa shape index (κ1) is 13.6. The molecule has 1 atom stereocenters. The molecule has 1 spiro atoms. The van der Waals surface area contributed by atoms with Crippen molar-refractivity contribution in [2.45, 2.75) is 57.7 Å². The van der Waals surface area contributed by atoms with Gasteiger partial charge in [-0.05, 0) is 38.8 Å². The van der Waals surface area contributed by atoms with E-state index in [9.17, 15) is 9.59 Å². The fraction of sp³-hybridized carbons (Fsp3) is 0.600. The number of amides is 2. The second-order valence-electron chi connectivity index (χ2n) is 5.90. The molecule has 0 aromatic carbocycles. The van der Waals surface area contributed by atoms with Gasteiger partial charge in [-0.15, -0.1) is 11.3 Å². The van der Waals surface area contributed by atoms with Gasteiger partial charge >= 0.3 is 0 Å². The van der Waals surface area contributed by atoms with Crippen molar-refractivity contribution in [1.29, 1.82) is 0 Å². The Kier molecular flexibility index (Phi) is 3.32. The van der Waals surface area contributed by atoms with Crippen LogP contribution in [0.2, 0.25) is 0 Å². The van der Waals surface area contributed by atoms with E-state index >= 15 is 0 Å². The first-order chi connectivity index (χ1) is 9.52. The van der Waals surface area contributed by atoms with Gasteiger partial charge in [0.1, 0.15) is 11.6 Å². The number of carbonyl (C=O) groups is 2. The van der Waals surface area contributed by atoms with Gasteiger partial charge in [0.05, 0.1) is 6.54 Å². The van der Waals surface area contributed by atoms with Crippen LogP contribution in [0.1, 0.15) is 42.4 Å². The maximum Gasteiger partial charge on any atom is 0.249 e. The largest absolute Gasteiger partial charge is 0.340 e. The van der Waals surface area contributed by atoms with Crippen molar-refractivity contribution < 1.29 is 9.59 Å². The standard InChI is InChI=1S/C15H20N2O2S/c1-10-5-6-12(20-10)9-17-11(2)13(18)16-15(14(17)19)7-3-4-8-15/h5-6,11H,3-4,7-9H2,1-2H3,(H,16,18). The average molecular weight is 292 g/mol. The lowest BCUT2D eigenvalue weighted by Crippen LogP contribution is -2.68. The molecule has 108 valence electrons. The zero-order valence-corrected chi connectivity index (χ0v) is 12.8. The van der Waals surface area contributed by atoms with E-state index in [1.807, 2.05) is 13.0 Å². The van der Waals surface area contributed by atoms with Crippen LogP contribution in [0.5, 0.6) is 0 Å². The van der Waals surface area contributed by atoms with E-state index in [1.54, 1.807) is 16.2 Å². The maximum atomic E-state index is 12.8. The van der Waals surface area contributed by atoms with E-state index in [0.717, 1.165) is 30.6 Å². The van der Waals surface area contributed by atoms with Gasteiger partial charge in [0, 0.05) is 9.75 Å². The van der Waals surface area contributed by atoms with Crippen molar-refractivity contribution >= 4 is 23.2 Å². The first-order valence-electron chi connectivity index (χ1n) is 7.20. The summed E-state index contributed by atoms with van der Waals surface area (Å²) in [6, 6.07) is 3.73. The Morgan fingerprint density at radius 3 is 2.65 bits per heavy atom. The van der Waals surface area contributed by atoms with Crippen LogP contribution in [0.25, 0.3) is 0 Å². The van der Waals surface area contributed by atoms with Gasteiger partial charge in [-0.2, -0.15) is 0 Å². The van der Waals surface area contributed by atoms with Gasteiger partial charge in [-0.25, -0.2) is 0 Å². The van der Waals surface area contributed by atoms with E-state index in [4.69, 9.17) is 0 Å². The Morgan fingerprint density at radius 1 is 1.35 bits per heavy atom. The SMILES string of the molecule is Cc1ccc(CN2C(=O)C3(CCCC3)NC(=O)C2C)s1. The van der Waals surface area contributed by atoms with Crippen LogP contribution in [-0.4, -0.2) is 28.3 Å². The number of aryl methyl sites for hydroxylation is 1. The van der Waals surface area contributed by atoms with Gasteiger partial charge in [0.25, 0.3) is 0 Å². The molecule has 2 heterocycles. The molecule has 1 aromatic heterocycles. The van der Waals surface area contributed by atoms with Crippen molar-refractivity contribution in [3.8, 4) is 0 Å². The predicted molar refractivity (Wildman–Crippen MR) is 78.4 cm³/mol. The van der Waals surface area contributed by atoms with Crippen molar-refractivity contribution in [2.75, 3.05) is 0 Å². The topological polar surface area (TPSA) is 49.4 Å². The monoisotopic (exact) mass is 292 g/mol. The molecular weight excluding hydrogens is 272 g/mol. The van der Waals surface area contributed by atoms with Crippen molar-refractivity contribution in [3.05, 3.63) is 21.9 Å². The summed E-state index contributed by atoms with van der Waals surface area (Å²) < 4.78 is 0. The molecule has 2 amide bonds. The fourth-order valence-electron chi connectivity index (χ4n) is 3.25. The molecule has 20 heavy (non-hydrogen) atoms. The highest BCUT2D eigenvalue weighted by Crippen LogP contribution is 2.35. The summed E-state index contributed by atoms with van der Waals surface area (Å²) in [5, 5.41) is 2.99. The van der Waals surface area contributed by atoms with Crippen molar-refractivity contribution in [3.63, 3.8) is 0 Å². The number of nitrogens with one attached hydrogen (secondary N) is 1. The van der Waals surface area contributed by atoms with E-state index in [0.29, 0.717) is 6.54 Å². The summed E-state index contributed by atoms with van der Waals surface area (Å²) in [4.78, 5) is 29.2. The molecule has 1 aliphatic heterocycles.